The molecule has 1 unspecified atom stereocenters. The average Bonchev–Trinajstić information content (AvgIpc) is 3.18. The molecule has 1 aliphatic heterocycles. The first-order valence-electron chi connectivity index (χ1n) is 10.5. The van der Waals surface area contributed by atoms with Gasteiger partial charge in [0.25, 0.3) is 0 Å². The molecule has 2 aromatic rings. The van der Waals surface area contributed by atoms with Crippen LogP contribution in [0.4, 0.5) is 0 Å². The third-order valence-corrected chi connectivity index (χ3v) is 6.01. The summed E-state index contributed by atoms with van der Waals surface area (Å²) in [4.78, 5) is 4.47. The molecule has 2 aliphatic rings. The molecule has 1 spiro atoms. The number of benzene rings is 2. The highest BCUT2D eigenvalue weighted by molar-refractivity contribution is 14.0. The van der Waals surface area contributed by atoms with Gasteiger partial charge < -0.3 is 20.1 Å². The van der Waals surface area contributed by atoms with Crippen molar-refractivity contribution >= 4 is 29.9 Å². The van der Waals surface area contributed by atoms with Crippen LogP contribution in [0.3, 0.4) is 0 Å². The Kier molecular flexibility index (Phi) is 7.99. The summed E-state index contributed by atoms with van der Waals surface area (Å²) >= 11 is 0. The van der Waals surface area contributed by atoms with E-state index in [0.717, 1.165) is 31.0 Å². The lowest BCUT2D eigenvalue weighted by Crippen LogP contribution is -2.46. The number of aliphatic imine (C=N–C) groups is 1. The molecule has 1 aliphatic carbocycles. The van der Waals surface area contributed by atoms with E-state index in [-0.39, 0.29) is 35.6 Å². The Morgan fingerprint density at radius 3 is 2.67 bits per heavy atom. The molecule has 0 amide bonds. The molecule has 30 heavy (non-hydrogen) atoms. The van der Waals surface area contributed by atoms with Crippen LogP contribution in [0.1, 0.15) is 54.8 Å². The molecular weight excluding hydrogens is 489 g/mol. The number of hydrogen-bond acceptors (Lipinski definition) is 3. The van der Waals surface area contributed by atoms with E-state index >= 15 is 0 Å². The van der Waals surface area contributed by atoms with Crippen LogP contribution in [0.25, 0.3) is 0 Å². The molecule has 0 radical (unpaired) electrons. The van der Waals surface area contributed by atoms with Crippen molar-refractivity contribution in [2.24, 2.45) is 4.99 Å². The number of fused-ring (bicyclic) bond motifs is 1. The standard InChI is InChI=1S/C24H31N3O2.HI/c1-25-23(26-16-18-8-7-9-19(14-18)17-28-2)27-21-15-24(12-5-6-13-24)29-22-11-4-3-10-20(21)22;/h3-4,7-11,14,21H,5-6,12-13,15-17H2,1-2H3,(H2,25,26,27);1H. The normalized spacial score (nSPS) is 19.5. The molecule has 0 aromatic heterocycles. The van der Waals surface area contributed by atoms with Crippen LogP contribution in [0.2, 0.25) is 0 Å². The first-order valence-corrected chi connectivity index (χ1v) is 10.5. The number of methoxy groups -OCH3 is 1. The number of para-hydroxylation sites is 1. The minimum Gasteiger partial charge on any atom is -0.487 e. The van der Waals surface area contributed by atoms with E-state index in [1.807, 2.05) is 7.05 Å². The molecule has 1 saturated carbocycles. The second kappa shape index (κ2) is 10.5. The summed E-state index contributed by atoms with van der Waals surface area (Å²) in [7, 11) is 3.55. The van der Waals surface area contributed by atoms with E-state index in [2.05, 4.69) is 64.2 Å². The van der Waals surface area contributed by atoms with Gasteiger partial charge in [0.1, 0.15) is 11.4 Å². The first-order chi connectivity index (χ1) is 14.2. The maximum atomic E-state index is 6.48. The number of guanidine groups is 1. The molecule has 1 atom stereocenters. The SMILES string of the molecule is CN=C(NCc1cccc(COC)c1)NC1CC2(CCCC2)Oc2ccccc21.I. The molecule has 2 N–H and O–H groups in total. The van der Waals surface area contributed by atoms with E-state index in [4.69, 9.17) is 9.47 Å². The van der Waals surface area contributed by atoms with Crippen LogP contribution in [0.15, 0.2) is 53.5 Å². The fourth-order valence-corrected chi connectivity index (χ4v) is 4.61. The molecule has 6 heteroatoms. The molecule has 4 rings (SSSR count). The largest absolute Gasteiger partial charge is 0.487 e. The van der Waals surface area contributed by atoms with E-state index in [1.54, 1.807) is 7.11 Å². The van der Waals surface area contributed by atoms with Gasteiger partial charge in [0.05, 0.1) is 12.6 Å². The summed E-state index contributed by atoms with van der Waals surface area (Å²) in [5.74, 6) is 1.83. The quantitative estimate of drug-likeness (QED) is 0.332. The van der Waals surface area contributed by atoms with Crippen molar-refractivity contribution in [2.45, 2.75) is 56.9 Å². The zero-order chi connectivity index (χ0) is 20.1. The highest BCUT2D eigenvalue weighted by Crippen LogP contribution is 2.46. The van der Waals surface area contributed by atoms with Crippen molar-refractivity contribution in [3.8, 4) is 5.75 Å². The van der Waals surface area contributed by atoms with Gasteiger partial charge in [0.15, 0.2) is 5.96 Å². The third kappa shape index (κ3) is 5.27. The number of ether oxygens (including phenoxy) is 2. The van der Waals surface area contributed by atoms with E-state index in [0.29, 0.717) is 13.2 Å². The second-order valence-corrected chi connectivity index (χ2v) is 8.11. The van der Waals surface area contributed by atoms with Crippen LogP contribution < -0.4 is 15.4 Å². The average molecular weight is 521 g/mol. The van der Waals surface area contributed by atoms with Gasteiger partial charge in [-0.1, -0.05) is 42.5 Å². The monoisotopic (exact) mass is 521 g/mol. The highest BCUT2D eigenvalue weighted by Gasteiger charge is 2.43. The lowest BCUT2D eigenvalue weighted by atomic mass is 9.86. The van der Waals surface area contributed by atoms with Gasteiger partial charge in [0, 0.05) is 32.7 Å². The van der Waals surface area contributed by atoms with E-state index < -0.39 is 0 Å². The molecule has 162 valence electrons. The van der Waals surface area contributed by atoms with Crippen molar-refractivity contribution in [3.05, 3.63) is 65.2 Å². The van der Waals surface area contributed by atoms with Gasteiger partial charge in [-0.25, -0.2) is 0 Å². The fraction of sp³-hybridized carbons (Fsp3) is 0.458. The summed E-state index contributed by atoms with van der Waals surface area (Å²) < 4.78 is 11.7. The van der Waals surface area contributed by atoms with Gasteiger partial charge in [-0.15, -0.1) is 24.0 Å². The summed E-state index contributed by atoms with van der Waals surface area (Å²) in [6, 6.07) is 17.0. The molecule has 5 nitrogen and oxygen atoms in total. The summed E-state index contributed by atoms with van der Waals surface area (Å²) in [5, 5.41) is 7.13. The molecule has 1 fully saturated rings. The van der Waals surface area contributed by atoms with E-state index in [9.17, 15) is 0 Å². The van der Waals surface area contributed by atoms with Crippen LogP contribution >= 0.6 is 24.0 Å². The maximum Gasteiger partial charge on any atom is 0.191 e. The predicted molar refractivity (Wildman–Crippen MR) is 132 cm³/mol. The van der Waals surface area contributed by atoms with Crippen molar-refractivity contribution in [3.63, 3.8) is 0 Å². The van der Waals surface area contributed by atoms with Crippen molar-refractivity contribution in [1.82, 2.24) is 10.6 Å². The number of rotatable bonds is 5. The van der Waals surface area contributed by atoms with Crippen LogP contribution in [0.5, 0.6) is 5.75 Å². The van der Waals surface area contributed by atoms with Crippen molar-refractivity contribution in [1.29, 1.82) is 0 Å². The Morgan fingerprint density at radius 2 is 1.90 bits per heavy atom. The Balaban J connectivity index is 0.00000256. The lowest BCUT2D eigenvalue weighted by Gasteiger charge is -2.40. The molecule has 1 heterocycles. The zero-order valence-corrected chi connectivity index (χ0v) is 20.1. The zero-order valence-electron chi connectivity index (χ0n) is 17.8. The van der Waals surface area contributed by atoms with Crippen LogP contribution in [-0.4, -0.2) is 25.7 Å². The number of nitrogens with one attached hydrogen (secondary N) is 2. The molecule has 0 bridgehead atoms. The fourth-order valence-electron chi connectivity index (χ4n) is 4.61. The van der Waals surface area contributed by atoms with Gasteiger partial charge in [-0.05, 0) is 42.9 Å². The Hall–Kier alpha value is -1.80. The third-order valence-electron chi connectivity index (χ3n) is 6.01. The predicted octanol–water partition coefficient (Wildman–Crippen LogP) is 4.95. The van der Waals surface area contributed by atoms with E-state index in [1.165, 1.54) is 29.5 Å². The summed E-state index contributed by atoms with van der Waals surface area (Å²) in [6.45, 7) is 1.34. The minimum absolute atomic E-state index is 0. The number of hydrogen-bond donors (Lipinski definition) is 2. The van der Waals surface area contributed by atoms with Crippen LogP contribution in [-0.2, 0) is 17.9 Å². The Bertz CT molecular complexity index is 865. The lowest BCUT2D eigenvalue weighted by molar-refractivity contribution is 0.0396. The van der Waals surface area contributed by atoms with Gasteiger partial charge in [-0.2, -0.15) is 0 Å². The topological polar surface area (TPSA) is 54.9 Å². The van der Waals surface area contributed by atoms with Gasteiger partial charge in [-0.3, -0.25) is 4.99 Å². The Labute approximate surface area is 196 Å². The maximum absolute atomic E-state index is 6.48. The molecule has 2 aromatic carbocycles. The van der Waals surface area contributed by atoms with Gasteiger partial charge >= 0.3 is 0 Å². The highest BCUT2D eigenvalue weighted by atomic mass is 127. The molecular formula is C24H32IN3O2. The number of halogens is 1. The van der Waals surface area contributed by atoms with Crippen molar-refractivity contribution < 1.29 is 9.47 Å². The second-order valence-electron chi connectivity index (χ2n) is 8.11. The van der Waals surface area contributed by atoms with Crippen molar-refractivity contribution in [2.75, 3.05) is 14.2 Å². The Morgan fingerprint density at radius 1 is 1.13 bits per heavy atom. The first kappa shape index (κ1) is 22.9. The summed E-state index contributed by atoms with van der Waals surface area (Å²) in [5.41, 5.74) is 3.58. The molecule has 0 saturated heterocycles. The minimum atomic E-state index is -0.0284. The number of nitrogens with zero attached hydrogens (tertiary/aromatic N) is 1. The van der Waals surface area contributed by atoms with Crippen LogP contribution in [0, 0.1) is 0 Å². The smallest absolute Gasteiger partial charge is 0.191 e. The van der Waals surface area contributed by atoms with Gasteiger partial charge in [0.2, 0.25) is 0 Å². The summed E-state index contributed by atoms with van der Waals surface area (Å²) in [6.07, 6.45) is 5.75.